The first-order valence-electron chi connectivity index (χ1n) is 5.00. The summed E-state index contributed by atoms with van der Waals surface area (Å²) in [6.45, 7) is 3.76. The summed E-state index contributed by atoms with van der Waals surface area (Å²) in [7, 11) is -2.98. The number of hydrogen-bond acceptors (Lipinski definition) is 4. The molecule has 3 N–H and O–H groups in total. The Labute approximate surface area is 90.3 Å². The molecule has 1 amide bonds. The van der Waals surface area contributed by atoms with Gasteiger partial charge in [-0.15, -0.1) is 0 Å². The Morgan fingerprint density at radius 1 is 1.60 bits per heavy atom. The topological polar surface area (TPSA) is 89.3 Å². The Hall–Kier alpha value is -0.620. The molecule has 1 aliphatic heterocycles. The van der Waals surface area contributed by atoms with Crippen LogP contribution in [-0.2, 0) is 14.6 Å². The quantitative estimate of drug-likeness (QED) is 0.674. The van der Waals surface area contributed by atoms with Gasteiger partial charge in [0.2, 0.25) is 5.91 Å². The smallest absolute Gasteiger partial charge is 0.224 e. The van der Waals surface area contributed by atoms with E-state index in [9.17, 15) is 13.2 Å². The molecule has 1 aliphatic rings. The van der Waals surface area contributed by atoms with Gasteiger partial charge in [-0.3, -0.25) is 4.79 Å². The van der Waals surface area contributed by atoms with Crippen molar-refractivity contribution in [1.29, 1.82) is 0 Å². The number of nitrogens with one attached hydrogen (secondary N) is 1. The first kappa shape index (κ1) is 12.4. The van der Waals surface area contributed by atoms with Gasteiger partial charge in [0.25, 0.3) is 0 Å². The van der Waals surface area contributed by atoms with Crippen molar-refractivity contribution in [3.8, 4) is 0 Å². The zero-order chi connectivity index (χ0) is 11.7. The van der Waals surface area contributed by atoms with Crippen LogP contribution in [0.3, 0.4) is 0 Å². The number of hydrogen-bond donors (Lipinski definition) is 2. The maximum atomic E-state index is 11.6. The Kier molecular flexibility index (Phi) is 3.40. The fourth-order valence-corrected chi connectivity index (χ4v) is 3.73. The van der Waals surface area contributed by atoms with Crippen LogP contribution in [0.4, 0.5) is 0 Å². The molecule has 5 nitrogen and oxygen atoms in total. The average molecular weight is 234 g/mol. The highest BCUT2D eigenvalue weighted by atomic mass is 32.2. The minimum Gasteiger partial charge on any atom is -0.350 e. The van der Waals surface area contributed by atoms with Crippen LogP contribution in [0, 0.1) is 5.92 Å². The molecular weight excluding hydrogens is 216 g/mol. The summed E-state index contributed by atoms with van der Waals surface area (Å²) < 4.78 is 22.6. The van der Waals surface area contributed by atoms with E-state index in [1.165, 1.54) is 0 Å². The molecule has 0 radical (unpaired) electrons. The van der Waals surface area contributed by atoms with Crippen molar-refractivity contribution in [2.45, 2.75) is 25.8 Å². The highest BCUT2D eigenvalue weighted by molar-refractivity contribution is 7.91. The maximum Gasteiger partial charge on any atom is 0.224 e. The Morgan fingerprint density at radius 2 is 2.20 bits per heavy atom. The highest BCUT2D eigenvalue weighted by Crippen LogP contribution is 2.23. The summed E-state index contributed by atoms with van der Waals surface area (Å²) in [5, 5.41) is 2.76. The monoisotopic (exact) mass is 234 g/mol. The molecule has 0 aromatic rings. The molecule has 1 fully saturated rings. The van der Waals surface area contributed by atoms with E-state index in [4.69, 9.17) is 5.73 Å². The Morgan fingerprint density at radius 3 is 2.60 bits per heavy atom. The van der Waals surface area contributed by atoms with Gasteiger partial charge in [-0.1, -0.05) is 6.92 Å². The molecule has 0 saturated carbocycles. The molecule has 0 aromatic carbocycles. The van der Waals surface area contributed by atoms with Gasteiger partial charge >= 0.3 is 0 Å². The third-order valence-corrected chi connectivity index (χ3v) is 4.63. The van der Waals surface area contributed by atoms with Gasteiger partial charge in [-0.25, -0.2) is 8.42 Å². The largest absolute Gasteiger partial charge is 0.350 e. The molecule has 15 heavy (non-hydrogen) atoms. The molecule has 1 heterocycles. The lowest BCUT2D eigenvalue weighted by Crippen LogP contribution is -2.49. The fraction of sp³-hybridized carbons (Fsp3) is 0.889. The van der Waals surface area contributed by atoms with Crippen molar-refractivity contribution in [1.82, 2.24) is 5.32 Å². The summed E-state index contributed by atoms with van der Waals surface area (Å²) in [6, 6.07) is 0. The van der Waals surface area contributed by atoms with E-state index in [-0.39, 0.29) is 29.9 Å². The van der Waals surface area contributed by atoms with Crippen molar-refractivity contribution in [2.24, 2.45) is 11.7 Å². The van der Waals surface area contributed by atoms with Crippen LogP contribution >= 0.6 is 0 Å². The van der Waals surface area contributed by atoms with Gasteiger partial charge in [-0.2, -0.15) is 0 Å². The summed E-state index contributed by atoms with van der Waals surface area (Å²) in [5.74, 6) is -0.258. The molecular formula is C9H18N2O3S. The van der Waals surface area contributed by atoms with Crippen molar-refractivity contribution < 1.29 is 13.2 Å². The van der Waals surface area contributed by atoms with Crippen molar-refractivity contribution >= 4 is 15.7 Å². The number of carbonyl (C=O) groups is 1. The van der Waals surface area contributed by atoms with E-state index in [0.717, 1.165) is 0 Å². The third-order valence-electron chi connectivity index (χ3n) is 2.73. The standard InChI is InChI=1S/C9H18N2O3S/c1-7(5-10)8(12)11-9(2)3-4-15(13,14)6-9/h7H,3-6,10H2,1-2H3,(H,11,12). The molecule has 2 atom stereocenters. The second kappa shape index (κ2) is 4.09. The van der Waals surface area contributed by atoms with E-state index in [1.807, 2.05) is 0 Å². The Balaban J connectivity index is 2.63. The van der Waals surface area contributed by atoms with Crippen LogP contribution in [0.15, 0.2) is 0 Å². The molecule has 0 aliphatic carbocycles. The van der Waals surface area contributed by atoms with E-state index in [0.29, 0.717) is 6.42 Å². The van der Waals surface area contributed by atoms with Gasteiger partial charge in [0.15, 0.2) is 9.84 Å². The second-order valence-corrected chi connectivity index (χ2v) is 6.71. The molecule has 0 spiro atoms. The number of nitrogens with two attached hydrogens (primary N) is 1. The second-order valence-electron chi connectivity index (χ2n) is 4.53. The lowest BCUT2D eigenvalue weighted by Gasteiger charge is -2.25. The number of amides is 1. The average Bonchev–Trinajstić information content (AvgIpc) is 2.39. The van der Waals surface area contributed by atoms with Gasteiger partial charge < -0.3 is 11.1 Å². The van der Waals surface area contributed by atoms with Crippen molar-refractivity contribution in [2.75, 3.05) is 18.1 Å². The molecule has 0 aromatic heterocycles. The van der Waals surface area contributed by atoms with E-state index in [2.05, 4.69) is 5.32 Å². The highest BCUT2D eigenvalue weighted by Gasteiger charge is 2.39. The molecule has 6 heteroatoms. The van der Waals surface area contributed by atoms with Gasteiger partial charge in [0.1, 0.15) is 0 Å². The van der Waals surface area contributed by atoms with Gasteiger partial charge in [0, 0.05) is 12.5 Å². The third kappa shape index (κ3) is 3.17. The first-order valence-corrected chi connectivity index (χ1v) is 6.83. The summed E-state index contributed by atoms with van der Waals surface area (Å²) >= 11 is 0. The lowest BCUT2D eigenvalue weighted by atomic mass is 10.0. The molecule has 2 unspecified atom stereocenters. The number of carbonyl (C=O) groups excluding carboxylic acids is 1. The van der Waals surface area contributed by atoms with Crippen LogP contribution in [0.2, 0.25) is 0 Å². The molecule has 1 saturated heterocycles. The fourth-order valence-electron chi connectivity index (χ4n) is 1.64. The van der Waals surface area contributed by atoms with E-state index >= 15 is 0 Å². The lowest BCUT2D eigenvalue weighted by molar-refractivity contribution is -0.125. The van der Waals surface area contributed by atoms with Crippen LogP contribution in [0.1, 0.15) is 20.3 Å². The summed E-state index contributed by atoms with van der Waals surface area (Å²) in [6.07, 6.45) is 0.484. The first-order chi connectivity index (χ1) is 6.78. The number of sulfone groups is 1. The zero-order valence-electron chi connectivity index (χ0n) is 9.12. The van der Waals surface area contributed by atoms with Crippen LogP contribution in [0.25, 0.3) is 0 Å². The normalized spacial score (nSPS) is 31.1. The van der Waals surface area contributed by atoms with Crippen molar-refractivity contribution in [3.63, 3.8) is 0 Å². The molecule has 0 bridgehead atoms. The minimum absolute atomic E-state index is 0.0308. The van der Waals surface area contributed by atoms with Gasteiger partial charge in [0.05, 0.1) is 17.0 Å². The van der Waals surface area contributed by atoms with Crippen LogP contribution < -0.4 is 11.1 Å². The zero-order valence-corrected chi connectivity index (χ0v) is 9.93. The summed E-state index contributed by atoms with van der Waals surface area (Å²) in [4.78, 5) is 11.6. The minimum atomic E-state index is -2.98. The number of rotatable bonds is 3. The van der Waals surface area contributed by atoms with Gasteiger partial charge in [-0.05, 0) is 13.3 Å². The predicted molar refractivity (Wildman–Crippen MR) is 58.0 cm³/mol. The van der Waals surface area contributed by atoms with Crippen LogP contribution in [0.5, 0.6) is 0 Å². The summed E-state index contributed by atoms with van der Waals surface area (Å²) in [5.41, 5.74) is 4.75. The Bertz CT molecular complexity index is 352. The molecule has 1 rings (SSSR count). The van der Waals surface area contributed by atoms with E-state index < -0.39 is 15.4 Å². The van der Waals surface area contributed by atoms with E-state index in [1.54, 1.807) is 13.8 Å². The van der Waals surface area contributed by atoms with Crippen molar-refractivity contribution in [3.05, 3.63) is 0 Å². The van der Waals surface area contributed by atoms with Crippen LogP contribution in [-0.4, -0.2) is 37.9 Å². The SMILES string of the molecule is CC(CN)C(=O)NC1(C)CCS(=O)(=O)C1. The predicted octanol–water partition coefficient (Wildman–Crippen LogP) is -0.725. The molecule has 88 valence electrons. The maximum absolute atomic E-state index is 11.6.